The Balaban J connectivity index is 1.85. The van der Waals surface area contributed by atoms with Crippen molar-refractivity contribution in [2.75, 3.05) is 25.0 Å². The maximum Gasteiger partial charge on any atom is 0.224 e. The van der Waals surface area contributed by atoms with Crippen LogP contribution in [0.15, 0.2) is 11.4 Å². The van der Waals surface area contributed by atoms with E-state index in [0.29, 0.717) is 11.2 Å². The molecule has 0 unspecified atom stereocenters. The molecule has 84 valence electrons. The molecule has 4 nitrogen and oxygen atoms in total. The second-order valence-electron chi connectivity index (χ2n) is 3.88. The van der Waals surface area contributed by atoms with Gasteiger partial charge in [0.25, 0.3) is 0 Å². The highest BCUT2D eigenvalue weighted by Crippen LogP contribution is 2.27. The number of fused-ring (bicyclic) bond motifs is 1. The van der Waals surface area contributed by atoms with Crippen LogP contribution in [0.25, 0.3) is 10.2 Å². The second-order valence-corrected chi connectivity index (χ2v) is 5.14. The summed E-state index contributed by atoms with van der Waals surface area (Å²) in [6.07, 6.45) is 0. The van der Waals surface area contributed by atoms with Crippen LogP contribution in [0.5, 0.6) is 0 Å². The van der Waals surface area contributed by atoms with Gasteiger partial charge in [-0.25, -0.2) is 4.98 Å². The van der Waals surface area contributed by atoms with Gasteiger partial charge in [-0.05, 0) is 23.0 Å². The number of nitrogens with zero attached hydrogens (tertiary/aromatic N) is 2. The van der Waals surface area contributed by atoms with Gasteiger partial charge in [0, 0.05) is 25.6 Å². The summed E-state index contributed by atoms with van der Waals surface area (Å²) in [6, 6.07) is 1.96. The minimum Gasteiger partial charge on any atom is -0.368 e. The van der Waals surface area contributed by atoms with Crippen LogP contribution in [0.3, 0.4) is 0 Å². The molecule has 2 aromatic heterocycles. The minimum absolute atomic E-state index is 0.306. The van der Waals surface area contributed by atoms with Crippen LogP contribution in [0.1, 0.15) is 0 Å². The first-order valence-electron chi connectivity index (χ1n) is 5.18. The van der Waals surface area contributed by atoms with E-state index in [1.165, 1.54) is 0 Å². The van der Waals surface area contributed by atoms with Crippen molar-refractivity contribution in [1.29, 1.82) is 0 Å². The van der Waals surface area contributed by atoms with Crippen molar-refractivity contribution >= 4 is 39.0 Å². The third-order valence-corrected chi connectivity index (χ3v) is 3.78. The normalized spacial score (nSPS) is 16.3. The maximum atomic E-state index is 5.87. The molecule has 3 rings (SSSR count). The predicted octanol–water partition coefficient (Wildman–Crippen LogP) is 1.98. The van der Waals surface area contributed by atoms with Gasteiger partial charge in [0.1, 0.15) is 5.82 Å². The predicted molar refractivity (Wildman–Crippen MR) is 67.3 cm³/mol. The highest BCUT2D eigenvalue weighted by atomic mass is 35.5. The Bertz CT molecular complexity index is 508. The highest BCUT2D eigenvalue weighted by molar-refractivity contribution is 7.17. The number of anilines is 1. The zero-order valence-electron chi connectivity index (χ0n) is 8.53. The number of halogens is 1. The zero-order valence-corrected chi connectivity index (χ0v) is 10.1. The second kappa shape index (κ2) is 4.16. The summed E-state index contributed by atoms with van der Waals surface area (Å²) in [5, 5.41) is 8.91. The van der Waals surface area contributed by atoms with E-state index in [4.69, 9.17) is 11.6 Å². The van der Waals surface area contributed by atoms with Gasteiger partial charge in [-0.3, -0.25) is 0 Å². The molecule has 0 atom stereocenters. The largest absolute Gasteiger partial charge is 0.368 e. The summed E-state index contributed by atoms with van der Waals surface area (Å²) in [5.41, 5.74) is 0.916. The fraction of sp³-hybridized carbons (Fsp3) is 0.400. The molecule has 2 aromatic rings. The van der Waals surface area contributed by atoms with Gasteiger partial charge in [-0.2, -0.15) is 4.98 Å². The lowest BCUT2D eigenvalue weighted by molar-refractivity contribution is 0.365. The molecule has 6 heteroatoms. The van der Waals surface area contributed by atoms with Crippen molar-refractivity contribution < 1.29 is 0 Å². The van der Waals surface area contributed by atoms with Gasteiger partial charge in [-0.15, -0.1) is 11.3 Å². The molecule has 0 radical (unpaired) electrons. The molecule has 2 N–H and O–H groups in total. The Morgan fingerprint density at radius 3 is 3.12 bits per heavy atom. The molecule has 1 saturated heterocycles. The summed E-state index contributed by atoms with van der Waals surface area (Å²) in [6.45, 7) is 3.10. The lowest BCUT2D eigenvalue weighted by atomic mass is 10.0. The molecule has 1 aliphatic rings. The van der Waals surface area contributed by atoms with E-state index in [2.05, 4.69) is 20.6 Å². The quantitative estimate of drug-likeness (QED) is 0.823. The van der Waals surface area contributed by atoms with Gasteiger partial charge in [0.15, 0.2) is 0 Å². The fourth-order valence-corrected chi connectivity index (χ4v) is 2.66. The molecule has 1 fully saturated rings. The van der Waals surface area contributed by atoms with E-state index in [-0.39, 0.29) is 0 Å². The van der Waals surface area contributed by atoms with Crippen LogP contribution in [0.2, 0.25) is 5.28 Å². The molecule has 3 heterocycles. The highest BCUT2D eigenvalue weighted by Gasteiger charge is 2.17. The van der Waals surface area contributed by atoms with Crippen LogP contribution in [0.4, 0.5) is 5.82 Å². The summed E-state index contributed by atoms with van der Waals surface area (Å²) >= 11 is 7.51. The van der Waals surface area contributed by atoms with Crippen LogP contribution in [-0.4, -0.2) is 29.6 Å². The number of thiophene rings is 1. The van der Waals surface area contributed by atoms with Gasteiger partial charge >= 0.3 is 0 Å². The Kier molecular flexibility index (Phi) is 2.67. The van der Waals surface area contributed by atoms with Crippen molar-refractivity contribution in [2.24, 2.45) is 5.92 Å². The standard InChI is InChI=1S/C10H11ClN4S/c11-10-14-7-1-2-16-8(7)9(15-10)13-5-6-3-12-4-6/h1-2,6,12H,3-5H2,(H,13,14,15). The molecular formula is C10H11ClN4S. The Hall–Kier alpha value is -0.910. The first kappa shape index (κ1) is 10.3. The van der Waals surface area contributed by atoms with E-state index in [0.717, 1.165) is 35.7 Å². The zero-order chi connectivity index (χ0) is 11.0. The molecule has 0 aromatic carbocycles. The number of hydrogen-bond acceptors (Lipinski definition) is 5. The molecular weight excluding hydrogens is 244 g/mol. The number of aromatic nitrogens is 2. The minimum atomic E-state index is 0.306. The first-order chi connectivity index (χ1) is 7.83. The van der Waals surface area contributed by atoms with E-state index >= 15 is 0 Å². The Labute approximate surface area is 102 Å². The SMILES string of the molecule is Clc1nc(NCC2CNC2)c2sccc2n1. The number of nitrogens with one attached hydrogen (secondary N) is 2. The Morgan fingerprint density at radius 1 is 1.50 bits per heavy atom. The third kappa shape index (κ3) is 1.86. The lowest BCUT2D eigenvalue weighted by Gasteiger charge is -2.27. The van der Waals surface area contributed by atoms with Gasteiger partial charge in [0.2, 0.25) is 5.28 Å². The van der Waals surface area contributed by atoms with Crippen LogP contribution < -0.4 is 10.6 Å². The van der Waals surface area contributed by atoms with E-state index in [9.17, 15) is 0 Å². The first-order valence-corrected chi connectivity index (χ1v) is 6.44. The molecule has 0 amide bonds. The molecule has 1 aliphatic heterocycles. The van der Waals surface area contributed by atoms with E-state index < -0.39 is 0 Å². The summed E-state index contributed by atoms with van der Waals surface area (Å²) in [7, 11) is 0. The average molecular weight is 255 g/mol. The Morgan fingerprint density at radius 2 is 2.38 bits per heavy atom. The topological polar surface area (TPSA) is 49.8 Å². The molecule has 0 aliphatic carbocycles. The van der Waals surface area contributed by atoms with Crippen molar-refractivity contribution in [1.82, 2.24) is 15.3 Å². The van der Waals surface area contributed by atoms with Gasteiger partial charge in [0.05, 0.1) is 10.2 Å². The van der Waals surface area contributed by atoms with Crippen molar-refractivity contribution in [3.63, 3.8) is 0 Å². The van der Waals surface area contributed by atoms with Crippen molar-refractivity contribution in [3.8, 4) is 0 Å². The summed E-state index contributed by atoms with van der Waals surface area (Å²) in [4.78, 5) is 8.41. The molecule has 0 saturated carbocycles. The molecule has 0 spiro atoms. The third-order valence-electron chi connectivity index (χ3n) is 2.70. The van der Waals surface area contributed by atoms with Crippen LogP contribution in [-0.2, 0) is 0 Å². The maximum absolute atomic E-state index is 5.87. The average Bonchev–Trinajstić information content (AvgIpc) is 2.62. The number of rotatable bonds is 3. The summed E-state index contributed by atoms with van der Waals surface area (Å²) < 4.78 is 1.08. The van der Waals surface area contributed by atoms with Gasteiger partial charge in [-0.1, -0.05) is 0 Å². The van der Waals surface area contributed by atoms with Crippen molar-refractivity contribution in [2.45, 2.75) is 0 Å². The fourth-order valence-electron chi connectivity index (χ4n) is 1.69. The van der Waals surface area contributed by atoms with E-state index in [1.807, 2.05) is 11.4 Å². The monoisotopic (exact) mass is 254 g/mol. The lowest BCUT2D eigenvalue weighted by Crippen LogP contribution is -2.45. The molecule has 0 bridgehead atoms. The van der Waals surface area contributed by atoms with Crippen LogP contribution in [0, 0.1) is 5.92 Å². The smallest absolute Gasteiger partial charge is 0.224 e. The van der Waals surface area contributed by atoms with Crippen LogP contribution >= 0.6 is 22.9 Å². The van der Waals surface area contributed by atoms with Crippen molar-refractivity contribution in [3.05, 3.63) is 16.7 Å². The molecule has 16 heavy (non-hydrogen) atoms. The van der Waals surface area contributed by atoms with E-state index in [1.54, 1.807) is 11.3 Å². The van der Waals surface area contributed by atoms with Gasteiger partial charge < -0.3 is 10.6 Å². The summed E-state index contributed by atoms with van der Waals surface area (Å²) in [5.74, 6) is 1.56. The number of hydrogen-bond donors (Lipinski definition) is 2.